The van der Waals surface area contributed by atoms with Crippen LogP contribution in [0.2, 0.25) is 5.02 Å². The fraction of sp³-hybridized carbons (Fsp3) is 0.240. The lowest BCUT2D eigenvalue weighted by molar-refractivity contribution is -0.125. The number of piperidine rings is 1. The van der Waals surface area contributed by atoms with E-state index in [1.807, 2.05) is 36.5 Å². The molecule has 1 aliphatic rings. The number of hydrogen-bond acceptors (Lipinski definition) is 4. The van der Waals surface area contributed by atoms with E-state index in [1.54, 1.807) is 28.9 Å². The Kier molecular flexibility index (Phi) is 5.96. The first kappa shape index (κ1) is 21.4. The Labute approximate surface area is 196 Å². The minimum atomic E-state index is -0.311. The molecule has 6 nitrogen and oxygen atoms in total. The Morgan fingerprint density at radius 1 is 1.18 bits per heavy atom. The van der Waals surface area contributed by atoms with Crippen LogP contribution in [0.15, 0.2) is 67.0 Å². The molecule has 1 saturated heterocycles. The van der Waals surface area contributed by atoms with Crippen molar-refractivity contribution in [2.75, 3.05) is 18.0 Å². The molecular formula is C25H23ClFN5O. The number of aromatic nitrogens is 3. The van der Waals surface area contributed by atoms with E-state index in [0.29, 0.717) is 17.1 Å². The average molecular weight is 464 g/mol. The van der Waals surface area contributed by atoms with Crippen molar-refractivity contribution < 1.29 is 9.18 Å². The summed E-state index contributed by atoms with van der Waals surface area (Å²) in [5.74, 6) is 0.211. The molecule has 2 aromatic heterocycles. The second kappa shape index (κ2) is 9.19. The topological polar surface area (TPSA) is 62.5 Å². The third-order valence-electron chi connectivity index (χ3n) is 6.02. The fourth-order valence-electron chi connectivity index (χ4n) is 4.30. The standard InChI is InChI=1S/C25H23ClFN5O/c26-20-9-3-2-8-19(20)22-14-23-24(28-11-13-32(23)30-22)31-12-5-7-18(16-31)25(33)29-15-17-6-1-4-10-21(17)27/h1-4,6,8-11,13-14,18H,5,7,12,15-16H2,(H,29,33)/t18-/m1/s1. The van der Waals surface area contributed by atoms with E-state index in [-0.39, 0.29) is 24.2 Å². The zero-order valence-electron chi connectivity index (χ0n) is 17.9. The highest BCUT2D eigenvalue weighted by atomic mass is 35.5. The van der Waals surface area contributed by atoms with Gasteiger partial charge in [0.2, 0.25) is 5.91 Å². The molecule has 0 bridgehead atoms. The van der Waals surface area contributed by atoms with Crippen molar-refractivity contribution in [3.63, 3.8) is 0 Å². The van der Waals surface area contributed by atoms with Gasteiger partial charge >= 0.3 is 0 Å². The molecular weight excluding hydrogens is 441 g/mol. The Balaban J connectivity index is 1.35. The van der Waals surface area contributed by atoms with Crippen LogP contribution in [0.25, 0.3) is 16.8 Å². The molecule has 3 heterocycles. The van der Waals surface area contributed by atoms with Gasteiger partial charge < -0.3 is 10.2 Å². The number of rotatable bonds is 5. The van der Waals surface area contributed by atoms with Gasteiger partial charge in [-0.1, -0.05) is 48.0 Å². The van der Waals surface area contributed by atoms with Crippen molar-refractivity contribution in [2.45, 2.75) is 19.4 Å². The van der Waals surface area contributed by atoms with Crippen LogP contribution in [0.1, 0.15) is 18.4 Å². The molecule has 1 atom stereocenters. The molecule has 0 aliphatic carbocycles. The molecule has 1 N–H and O–H groups in total. The third-order valence-corrected chi connectivity index (χ3v) is 6.35. The molecule has 0 radical (unpaired) electrons. The number of anilines is 1. The normalized spacial score (nSPS) is 16.2. The Bertz CT molecular complexity index is 1310. The first-order valence-corrected chi connectivity index (χ1v) is 11.3. The predicted octanol–water partition coefficient (Wildman–Crippen LogP) is 4.72. The maximum absolute atomic E-state index is 13.9. The predicted molar refractivity (Wildman–Crippen MR) is 127 cm³/mol. The van der Waals surface area contributed by atoms with Crippen LogP contribution in [0, 0.1) is 11.7 Å². The highest BCUT2D eigenvalue weighted by Crippen LogP contribution is 2.31. The molecule has 33 heavy (non-hydrogen) atoms. The molecule has 5 rings (SSSR count). The molecule has 1 fully saturated rings. The number of carbonyl (C=O) groups excluding carboxylic acids is 1. The lowest BCUT2D eigenvalue weighted by Crippen LogP contribution is -2.43. The van der Waals surface area contributed by atoms with Crippen molar-refractivity contribution in [1.29, 1.82) is 0 Å². The van der Waals surface area contributed by atoms with Crippen molar-refractivity contribution in [2.24, 2.45) is 5.92 Å². The first-order chi connectivity index (χ1) is 16.1. The van der Waals surface area contributed by atoms with Gasteiger partial charge in [-0.15, -0.1) is 0 Å². The first-order valence-electron chi connectivity index (χ1n) is 11.0. The number of benzene rings is 2. The molecule has 1 aliphatic heterocycles. The average Bonchev–Trinajstić information content (AvgIpc) is 3.28. The van der Waals surface area contributed by atoms with Gasteiger partial charge in [0.15, 0.2) is 5.82 Å². The van der Waals surface area contributed by atoms with E-state index in [1.165, 1.54) is 6.07 Å². The van der Waals surface area contributed by atoms with Crippen LogP contribution in [-0.4, -0.2) is 33.6 Å². The number of fused-ring (bicyclic) bond motifs is 1. The number of nitrogens with zero attached hydrogens (tertiary/aromatic N) is 4. The summed E-state index contributed by atoms with van der Waals surface area (Å²) in [4.78, 5) is 19.6. The maximum Gasteiger partial charge on any atom is 0.225 e. The molecule has 168 valence electrons. The van der Waals surface area contributed by atoms with Crippen molar-refractivity contribution >= 4 is 28.8 Å². The summed E-state index contributed by atoms with van der Waals surface area (Å²) in [5.41, 5.74) is 2.97. The van der Waals surface area contributed by atoms with Crippen LogP contribution in [0.3, 0.4) is 0 Å². The zero-order chi connectivity index (χ0) is 22.8. The van der Waals surface area contributed by atoms with Crippen molar-refractivity contribution in [1.82, 2.24) is 19.9 Å². The summed E-state index contributed by atoms with van der Waals surface area (Å²) < 4.78 is 15.7. The second-order valence-corrected chi connectivity index (χ2v) is 8.59. The molecule has 0 unspecified atom stereocenters. The van der Waals surface area contributed by atoms with E-state index in [9.17, 15) is 9.18 Å². The van der Waals surface area contributed by atoms with E-state index in [2.05, 4.69) is 20.3 Å². The lowest BCUT2D eigenvalue weighted by atomic mass is 9.97. The minimum absolute atomic E-state index is 0.0693. The Morgan fingerprint density at radius 3 is 2.85 bits per heavy atom. The SMILES string of the molecule is O=C(NCc1ccccc1F)[C@@H]1CCCN(c2nccn3nc(-c4ccccc4Cl)cc23)C1. The van der Waals surface area contributed by atoms with Gasteiger partial charge in [0, 0.05) is 43.2 Å². The molecule has 4 aromatic rings. The lowest BCUT2D eigenvalue weighted by Gasteiger charge is -2.33. The Hall–Kier alpha value is -3.45. The third kappa shape index (κ3) is 4.41. The van der Waals surface area contributed by atoms with Gasteiger partial charge in [0.1, 0.15) is 11.3 Å². The highest BCUT2D eigenvalue weighted by molar-refractivity contribution is 6.33. The number of nitrogens with one attached hydrogen (secondary N) is 1. The molecule has 8 heteroatoms. The van der Waals surface area contributed by atoms with Crippen LogP contribution in [0.4, 0.5) is 10.2 Å². The largest absolute Gasteiger partial charge is 0.354 e. The number of amides is 1. The van der Waals surface area contributed by atoms with Gasteiger partial charge in [-0.05, 0) is 31.0 Å². The summed E-state index contributed by atoms with van der Waals surface area (Å²) in [5, 5.41) is 8.21. The molecule has 0 saturated carbocycles. The van der Waals surface area contributed by atoms with Gasteiger partial charge in [0.05, 0.1) is 16.6 Å². The Morgan fingerprint density at radius 2 is 2.00 bits per heavy atom. The van der Waals surface area contributed by atoms with Gasteiger partial charge in [-0.3, -0.25) is 4.79 Å². The monoisotopic (exact) mass is 463 g/mol. The minimum Gasteiger partial charge on any atom is -0.354 e. The second-order valence-electron chi connectivity index (χ2n) is 8.18. The van der Waals surface area contributed by atoms with Crippen LogP contribution in [0.5, 0.6) is 0 Å². The summed E-state index contributed by atoms with van der Waals surface area (Å²) in [6, 6.07) is 16.1. The van der Waals surface area contributed by atoms with E-state index >= 15 is 0 Å². The van der Waals surface area contributed by atoms with E-state index in [4.69, 9.17) is 11.6 Å². The molecule has 2 aromatic carbocycles. The van der Waals surface area contributed by atoms with Crippen LogP contribution < -0.4 is 10.2 Å². The highest BCUT2D eigenvalue weighted by Gasteiger charge is 2.28. The molecule has 1 amide bonds. The quantitative estimate of drug-likeness (QED) is 0.465. The summed E-state index contributed by atoms with van der Waals surface area (Å²) >= 11 is 6.37. The zero-order valence-corrected chi connectivity index (χ0v) is 18.7. The van der Waals surface area contributed by atoms with Gasteiger partial charge in [0.25, 0.3) is 0 Å². The maximum atomic E-state index is 13.9. The summed E-state index contributed by atoms with van der Waals surface area (Å²) in [6.45, 7) is 1.53. The smallest absolute Gasteiger partial charge is 0.225 e. The van der Waals surface area contributed by atoms with E-state index in [0.717, 1.165) is 42.0 Å². The number of halogens is 2. The van der Waals surface area contributed by atoms with Gasteiger partial charge in [-0.25, -0.2) is 13.9 Å². The summed E-state index contributed by atoms with van der Waals surface area (Å²) in [6.07, 6.45) is 5.17. The van der Waals surface area contributed by atoms with Crippen molar-refractivity contribution in [3.8, 4) is 11.3 Å². The van der Waals surface area contributed by atoms with Crippen LogP contribution in [-0.2, 0) is 11.3 Å². The van der Waals surface area contributed by atoms with Crippen LogP contribution >= 0.6 is 11.6 Å². The summed E-state index contributed by atoms with van der Waals surface area (Å²) in [7, 11) is 0. The fourth-order valence-corrected chi connectivity index (χ4v) is 4.54. The van der Waals surface area contributed by atoms with Gasteiger partial charge in [-0.2, -0.15) is 5.10 Å². The number of carbonyl (C=O) groups is 1. The number of hydrogen-bond donors (Lipinski definition) is 1. The van der Waals surface area contributed by atoms with Crippen molar-refractivity contribution in [3.05, 3.63) is 83.4 Å². The molecule has 0 spiro atoms. The van der Waals surface area contributed by atoms with E-state index < -0.39 is 0 Å².